The first-order valence-corrected chi connectivity index (χ1v) is 10.5. The average molecular weight is 455 g/mol. The summed E-state index contributed by atoms with van der Waals surface area (Å²) in [7, 11) is 0. The number of esters is 1. The number of hydrogen-bond acceptors (Lipinski definition) is 9. The number of benzene rings is 1. The Morgan fingerprint density at radius 3 is 2.22 bits per heavy atom. The van der Waals surface area contributed by atoms with Gasteiger partial charge in [0.15, 0.2) is 0 Å². The van der Waals surface area contributed by atoms with Crippen LogP contribution in [0.15, 0.2) is 18.2 Å². The van der Waals surface area contributed by atoms with Crippen LogP contribution >= 0.6 is 0 Å². The zero-order valence-corrected chi connectivity index (χ0v) is 19.4. The fourth-order valence-corrected chi connectivity index (χ4v) is 3.12. The van der Waals surface area contributed by atoms with Gasteiger partial charge in [0.2, 0.25) is 12.6 Å². The molecule has 0 saturated carbocycles. The predicted octanol–water partition coefficient (Wildman–Crippen LogP) is 1.68. The van der Waals surface area contributed by atoms with E-state index in [0.717, 1.165) is 11.1 Å². The monoisotopic (exact) mass is 454 g/mol. The number of aliphatic hydroxyl groups is 3. The van der Waals surface area contributed by atoms with E-state index in [0.29, 0.717) is 12.2 Å². The minimum absolute atomic E-state index is 0.0775. The average Bonchev–Trinajstić information content (AvgIpc) is 2.67. The van der Waals surface area contributed by atoms with Gasteiger partial charge in [-0.15, -0.1) is 0 Å². The molecule has 1 saturated heterocycles. The highest BCUT2D eigenvalue weighted by atomic mass is 16.8. The summed E-state index contributed by atoms with van der Waals surface area (Å²) in [5, 5.41) is 30.3. The van der Waals surface area contributed by atoms with Crippen LogP contribution in [0.25, 0.3) is 0 Å². The Kier molecular flexibility index (Phi) is 8.27. The second kappa shape index (κ2) is 10.2. The molecule has 0 amide bonds. The van der Waals surface area contributed by atoms with E-state index in [1.54, 1.807) is 32.9 Å². The van der Waals surface area contributed by atoms with Crippen molar-refractivity contribution in [2.24, 2.45) is 10.8 Å². The third-order valence-electron chi connectivity index (χ3n) is 4.79. The SMILES string of the molecule is CC(C)(C)Cc1cc(COC(=O)C(C)(C)C)ccc1O[C@@H]1O[C@H](OC=O)[C@@H](O)[C@H](O)[C@H]1O. The Morgan fingerprint density at radius 1 is 1.03 bits per heavy atom. The zero-order chi connectivity index (χ0) is 24.3. The van der Waals surface area contributed by atoms with Crippen LogP contribution in [-0.4, -0.2) is 58.7 Å². The van der Waals surface area contributed by atoms with Gasteiger partial charge in [-0.3, -0.25) is 14.3 Å². The van der Waals surface area contributed by atoms with Crippen LogP contribution in [0.5, 0.6) is 5.75 Å². The number of hydrogen-bond donors (Lipinski definition) is 3. The molecular formula is C23H34O9. The molecule has 0 aliphatic carbocycles. The third kappa shape index (κ3) is 6.90. The van der Waals surface area contributed by atoms with Crippen LogP contribution in [0.4, 0.5) is 0 Å². The second-order valence-corrected chi connectivity index (χ2v) is 10.2. The molecule has 1 aliphatic heterocycles. The summed E-state index contributed by atoms with van der Waals surface area (Å²) in [6.45, 7) is 11.6. The topological polar surface area (TPSA) is 132 Å². The maximum atomic E-state index is 12.1. The molecule has 5 atom stereocenters. The fraction of sp³-hybridized carbons (Fsp3) is 0.652. The van der Waals surface area contributed by atoms with E-state index in [1.165, 1.54) is 0 Å². The van der Waals surface area contributed by atoms with Crippen LogP contribution in [0.3, 0.4) is 0 Å². The lowest BCUT2D eigenvalue weighted by Crippen LogP contribution is -2.59. The second-order valence-electron chi connectivity index (χ2n) is 10.2. The van der Waals surface area contributed by atoms with Crippen molar-refractivity contribution in [2.45, 2.75) is 85.5 Å². The molecule has 0 aromatic heterocycles. The fourth-order valence-electron chi connectivity index (χ4n) is 3.12. The van der Waals surface area contributed by atoms with Gasteiger partial charge in [-0.2, -0.15) is 0 Å². The molecule has 1 aromatic carbocycles. The van der Waals surface area contributed by atoms with Crippen molar-refractivity contribution in [3.05, 3.63) is 29.3 Å². The summed E-state index contributed by atoms with van der Waals surface area (Å²) in [5.41, 5.74) is 0.795. The lowest BCUT2D eigenvalue weighted by atomic mass is 9.87. The highest BCUT2D eigenvalue weighted by Crippen LogP contribution is 2.32. The Labute approximate surface area is 188 Å². The third-order valence-corrected chi connectivity index (χ3v) is 4.79. The van der Waals surface area contributed by atoms with Crippen molar-refractivity contribution < 1.29 is 43.9 Å². The Bertz CT molecular complexity index is 794. The van der Waals surface area contributed by atoms with Gasteiger partial charge in [0, 0.05) is 0 Å². The first-order valence-electron chi connectivity index (χ1n) is 10.5. The summed E-state index contributed by atoms with van der Waals surface area (Å²) >= 11 is 0. The summed E-state index contributed by atoms with van der Waals surface area (Å²) in [5.74, 6) is 0.0611. The van der Waals surface area contributed by atoms with E-state index in [1.807, 2.05) is 26.8 Å². The summed E-state index contributed by atoms with van der Waals surface area (Å²) in [6, 6.07) is 5.22. The Hall–Kier alpha value is -2.20. The van der Waals surface area contributed by atoms with Crippen molar-refractivity contribution >= 4 is 12.4 Å². The smallest absolute Gasteiger partial charge is 0.311 e. The lowest BCUT2D eigenvalue weighted by molar-refractivity contribution is -0.321. The van der Waals surface area contributed by atoms with E-state index >= 15 is 0 Å². The minimum atomic E-state index is -1.64. The van der Waals surface area contributed by atoms with E-state index < -0.39 is 36.3 Å². The molecule has 9 heteroatoms. The quantitative estimate of drug-likeness (QED) is 0.416. The standard InChI is InChI=1S/C23H34O9/c1-22(2,3)10-14-9-13(11-29-21(28)23(4,5)6)7-8-15(14)31-20-18(27)16(25)17(26)19(32-20)30-12-24/h7-9,12,16-20,25-27H,10-11H2,1-6H3/t16-,17-,18+,19-,20+/m0/s1. The molecule has 0 bridgehead atoms. The van der Waals surface area contributed by atoms with Crippen molar-refractivity contribution in [1.82, 2.24) is 0 Å². The van der Waals surface area contributed by atoms with E-state index in [9.17, 15) is 24.9 Å². The summed E-state index contributed by atoms with van der Waals surface area (Å²) in [6.07, 6.45) is -7.12. The molecule has 1 fully saturated rings. The van der Waals surface area contributed by atoms with Crippen molar-refractivity contribution in [3.8, 4) is 5.75 Å². The van der Waals surface area contributed by atoms with Gasteiger partial charge in [0.1, 0.15) is 30.7 Å². The van der Waals surface area contributed by atoms with Gasteiger partial charge in [0.25, 0.3) is 6.47 Å². The summed E-state index contributed by atoms with van der Waals surface area (Å²) in [4.78, 5) is 22.7. The molecule has 0 radical (unpaired) electrons. The first kappa shape index (κ1) is 26.1. The van der Waals surface area contributed by atoms with Gasteiger partial charge in [-0.25, -0.2) is 0 Å². The molecule has 2 rings (SSSR count). The van der Waals surface area contributed by atoms with Crippen LogP contribution in [0.1, 0.15) is 52.7 Å². The van der Waals surface area contributed by atoms with Crippen LogP contribution in [0.2, 0.25) is 0 Å². The van der Waals surface area contributed by atoms with Gasteiger partial charge in [-0.1, -0.05) is 26.8 Å². The molecule has 180 valence electrons. The summed E-state index contributed by atoms with van der Waals surface area (Å²) < 4.78 is 21.2. The largest absolute Gasteiger partial charge is 0.462 e. The maximum absolute atomic E-state index is 12.1. The Morgan fingerprint density at radius 2 is 1.66 bits per heavy atom. The predicted molar refractivity (Wildman–Crippen MR) is 113 cm³/mol. The highest BCUT2D eigenvalue weighted by molar-refractivity contribution is 5.75. The van der Waals surface area contributed by atoms with E-state index in [-0.39, 0.29) is 24.5 Å². The van der Waals surface area contributed by atoms with Crippen LogP contribution in [0, 0.1) is 10.8 Å². The molecular weight excluding hydrogens is 420 g/mol. The Balaban J connectivity index is 2.25. The molecule has 3 N–H and O–H groups in total. The van der Waals surface area contributed by atoms with Crippen molar-refractivity contribution in [2.75, 3.05) is 0 Å². The van der Waals surface area contributed by atoms with E-state index in [4.69, 9.17) is 14.2 Å². The maximum Gasteiger partial charge on any atom is 0.311 e. The number of aliphatic hydroxyl groups excluding tert-OH is 3. The van der Waals surface area contributed by atoms with Crippen molar-refractivity contribution in [3.63, 3.8) is 0 Å². The first-order chi connectivity index (χ1) is 14.7. The van der Waals surface area contributed by atoms with E-state index in [2.05, 4.69) is 4.74 Å². The molecule has 32 heavy (non-hydrogen) atoms. The highest BCUT2D eigenvalue weighted by Gasteiger charge is 2.46. The minimum Gasteiger partial charge on any atom is -0.462 e. The number of carbonyl (C=O) groups excluding carboxylic acids is 2. The number of ether oxygens (including phenoxy) is 4. The van der Waals surface area contributed by atoms with Crippen LogP contribution in [-0.2, 0) is 36.8 Å². The number of carbonyl (C=O) groups is 2. The number of rotatable bonds is 7. The van der Waals surface area contributed by atoms with Gasteiger partial charge in [0.05, 0.1) is 5.41 Å². The van der Waals surface area contributed by atoms with Crippen molar-refractivity contribution in [1.29, 1.82) is 0 Å². The normalized spacial score (nSPS) is 26.3. The molecule has 1 heterocycles. The molecule has 1 aliphatic rings. The van der Waals surface area contributed by atoms with Crippen LogP contribution < -0.4 is 4.74 Å². The molecule has 0 spiro atoms. The van der Waals surface area contributed by atoms with Gasteiger partial charge >= 0.3 is 5.97 Å². The van der Waals surface area contributed by atoms with Gasteiger partial charge < -0.3 is 29.5 Å². The van der Waals surface area contributed by atoms with Gasteiger partial charge in [-0.05, 0) is 55.9 Å². The molecule has 9 nitrogen and oxygen atoms in total. The lowest BCUT2D eigenvalue weighted by Gasteiger charge is -2.39. The molecule has 1 aromatic rings. The molecule has 0 unspecified atom stereocenters. The zero-order valence-electron chi connectivity index (χ0n) is 19.4.